The summed E-state index contributed by atoms with van der Waals surface area (Å²) in [6.45, 7) is 12.8. The van der Waals surface area contributed by atoms with E-state index in [9.17, 15) is 4.79 Å². The summed E-state index contributed by atoms with van der Waals surface area (Å²) in [5, 5.41) is 3.40. The van der Waals surface area contributed by atoms with E-state index >= 15 is 0 Å². The lowest BCUT2D eigenvalue weighted by Crippen LogP contribution is -2.46. The van der Waals surface area contributed by atoms with Crippen LogP contribution >= 0.6 is 0 Å². The lowest BCUT2D eigenvalue weighted by molar-refractivity contribution is 0.0159. The van der Waals surface area contributed by atoms with Crippen molar-refractivity contribution in [1.29, 1.82) is 0 Å². The third-order valence-electron chi connectivity index (χ3n) is 2.94. The summed E-state index contributed by atoms with van der Waals surface area (Å²) < 4.78 is 5.50. The van der Waals surface area contributed by atoms with Gasteiger partial charge in [-0.15, -0.1) is 0 Å². The van der Waals surface area contributed by atoms with Crippen LogP contribution in [-0.4, -0.2) is 42.3 Å². The molecular weight excluding hydrogens is 228 g/mol. The normalized spacial score (nSPS) is 21.9. The molecule has 0 aromatic heterocycles. The first-order valence-corrected chi connectivity index (χ1v) is 7.00. The number of carbonyl (C=O) groups excluding carboxylic acids is 1. The number of rotatable bonds is 2. The smallest absolute Gasteiger partial charge is 0.410 e. The topological polar surface area (TPSA) is 41.6 Å². The first-order valence-electron chi connectivity index (χ1n) is 7.00. The molecule has 1 heterocycles. The van der Waals surface area contributed by atoms with Crippen LogP contribution in [0.5, 0.6) is 0 Å². The van der Waals surface area contributed by atoms with Crippen molar-refractivity contribution in [2.45, 2.75) is 59.1 Å². The summed E-state index contributed by atoms with van der Waals surface area (Å²) in [4.78, 5) is 14.1. The lowest BCUT2D eigenvalue weighted by atomic mass is 10.0. The van der Waals surface area contributed by atoms with Gasteiger partial charge in [0, 0.05) is 19.1 Å². The average Bonchev–Trinajstić information content (AvgIpc) is 2.39. The fourth-order valence-electron chi connectivity index (χ4n) is 2.25. The van der Waals surface area contributed by atoms with Gasteiger partial charge in [0.2, 0.25) is 0 Å². The largest absolute Gasteiger partial charge is 0.444 e. The van der Waals surface area contributed by atoms with Crippen LogP contribution in [0.2, 0.25) is 0 Å². The Kier molecular flexibility index (Phi) is 5.45. The minimum absolute atomic E-state index is 0.170. The van der Waals surface area contributed by atoms with E-state index in [1.807, 2.05) is 25.7 Å². The molecule has 0 spiro atoms. The number of hydrogen-bond acceptors (Lipinski definition) is 3. The lowest BCUT2D eigenvalue weighted by Gasteiger charge is -2.33. The molecule has 1 saturated heterocycles. The molecule has 1 unspecified atom stereocenters. The van der Waals surface area contributed by atoms with E-state index in [0.29, 0.717) is 5.92 Å². The number of hydrogen-bond donors (Lipinski definition) is 1. The van der Waals surface area contributed by atoms with Crippen LogP contribution in [0.3, 0.4) is 0 Å². The summed E-state index contributed by atoms with van der Waals surface area (Å²) in [7, 11) is 0. The summed E-state index contributed by atoms with van der Waals surface area (Å²) >= 11 is 0. The van der Waals surface area contributed by atoms with Gasteiger partial charge >= 0.3 is 6.09 Å². The molecule has 1 aliphatic heterocycles. The van der Waals surface area contributed by atoms with Gasteiger partial charge in [0.15, 0.2) is 0 Å². The van der Waals surface area contributed by atoms with Crippen molar-refractivity contribution >= 4 is 6.09 Å². The van der Waals surface area contributed by atoms with Crippen molar-refractivity contribution in [3.63, 3.8) is 0 Å². The molecule has 1 atom stereocenters. The Morgan fingerprint density at radius 1 is 1.44 bits per heavy atom. The van der Waals surface area contributed by atoms with Crippen LogP contribution in [0.15, 0.2) is 0 Å². The van der Waals surface area contributed by atoms with Gasteiger partial charge in [-0.25, -0.2) is 4.79 Å². The van der Waals surface area contributed by atoms with Crippen LogP contribution in [0.1, 0.15) is 47.5 Å². The molecule has 0 bridgehead atoms. The maximum absolute atomic E-state index is 12.2. The first kappa shape index (κ1) is 15.3. The third-order valence-corrected chi connectivity index (χ3v) is 2.94. The summed E-state index contributed by atoms with van der Waals surface area (Å²) in [6.07, 6.45) is 1.84. The predicted octanol–water partition coefficient (Wildman–Crippen LogP) is 2.63. The van der Waals surface area contributed by atoms with E-state index < -0.39 is 5.60 Å². The maximum Gasteiger partial charge on any atom is 0.410 e. The van der Waals surface area contributed by atoms with Crippen molar-refractivity contribution in [3.8, 4) is 0 Å². The van der Waals surface area contributed by atoms with E-state index in [2.05, 4.69) is 19.2 Å². The van der Waals surface area contributed by atoms with E-state index in [4.69, 9.17) is 4.74 Å². The molecule has 18 heavy (non-hydrogen) atoms. The molecule has 0 aromatic rings. The van der Waals surface area contributed by atoms with Gasteiger partial charge in [-0.1, -0.05) is 13.8 Å². The maximum atomic E-state index is 12.2. The minimum atomic E-state index is -0.417. The molecule has 1 rings (SSSR count). The van der Waals surface area contributed by atoms with Gasteiger partial charge in [0.25, 0.3) is 0 Å². The third kappa shape index (κ3) is 5.25. The first-order chi connectivity index (χ1) is 8.29. The Morgan fingerprint density at radius 3 is 2.67 bits per heavy atom. The zero-order valence-electron chi connectivity index (χ0n) is 12.5. The van der Waals surface area contributed by atoms with Gasteiger partial charge in [-0.3, -0.25) is 0 Å². The Labute approximate surface area is 111 Å². The molecular formula is C14H28N2O2. The predicted molar refractivity (Wildman–Crippen MR) is 73.7 cm³/mol. The van der Waals surface area contributed by atoms with Crippen molar-refractivity contribution in [2.75, 3.05) is 19.6 Å². The van der Waals surface area contributed by atoms with Crippen LogP contribution in [0.4, 0.5) is 4.79 Å². The molecule has 4 nitrogen and oxygen atoms in total. The standard InChI is InChI=1S/C14H28N2O2/c1-11(2)9-12-10-15-7-6-8-16(12)13(17)18-14(3,4)5/h11-12,15H,6-10H2,1-5H3. The monoisotopic (exact) mass is 256 g/mol. The molecule has 0 saturated carbocycles. The Bertz CT molecular complexity index is 271. The number of nitrogens with one attached hydrogen (secondary N) is 1. The van der Waals surface area contributed by atoms with Gasteiger partial charge in [-0.05, 0) is 46.1 Å². The fraction of sp³-hybridized carbons (Fsp3) is 0.929. The van der Waals surface area contributed by atoms with Gasteiger partial charge < -0.3 is 15.0 Å². The van der Waals surface area contributed by atoms with E-state index in [0.717, 1.165) is 32.5 Å². The number of amides is 1. The highest BCUT2D eigenvalue weighted by Gasteiger charge is 2.29. The molecule has 4 heteroatoms. The molecule has 1 amide bonds. The highest BCUT2D eigenvalue weighted by Crippen LogP contribution is 2.17. The second-order valence-corrected chi connectivity index (χ2v) is 6.51. The zero-order chi connectivity index (χ0) is 13.8. The van der Waals surface area contributed by atoms with Crippen LogP contribution in [0.25, 0.3) is 0 Å². The van der Waals surface area contributed by atoms with Gasteiger partial charge in [0.05, 0.1) is 0 Å². The number of nitrogens with zero attached hydrogens (tertiary/aromatic N) is 1. The fourth-order valence-corrected chi connectivity index (χ4v) is 2.25. The van der Waals surface area contributed by atoms with Crippen molar-refractivity contribution in [2.24, 2.45) is 5.92 Å². The van der Waals surface area contributed by atoms with E-state index in [1.165, 1.54) is 0 Å². The van der Waals surface area contributed by atoms with Crippen molar-refractivity contribution < 1.29 is 9.53 Å². The van der Waals surface area contributed by atoms with Crippen LogP contribution in [0, 0.1) is 5.92 Å². The molecule has 1 fully saturated rings. The second kappa shape index (κ2) is 6.41. The van der Waals surface area contributed by atoms with Crippen LogP contribution in [-0.2, 0) is 4.74 Å². The average molecular weight is 256 g/mol. The van der Waals surface area contributed by atoms with Gasteiger partial charge in [0.1, 0.15) is 5.60 Å². The molecule has 0 aliphatic carbocycles. The van der Waals surface area contributed by atoms with E-state index in [-0.39, 0.29) is 12.1 Å². The Balaban J connectivity index is 2.69. The Hall–Kier alpha value is -0.770. The second-order valence-electron chi connectivity index (χ2n) is 6.51. The molecule has 0 aromatic carbocycles. The van der Waals surface area contributed by atoms with Crippen molar-refractivity contribution in [1.82, 2.24) is 10.2 Å². The molecule has 1 N–H and O–H groups in total. The minimum Gasteiger partial charge on any atom is -0.444 e. The molecule has 1 aliphatic rings. The van der Waals surface area contributed by atoms with E-state index in [1.54, 1.807) is 0 Å². The summed E-state index contributed by atoms with van der Waals surface area (Å²) in [5.74, 6) is 0.583. The molecule has 106 valence electrons. The van der Waals surface area contributed by atoms with Crippen LogP contribution < -0.4 is 5.32 Å². The SMILES string of the molecule is CC(C)CC1CNCCCN1C(=O)OC(C)(C)C. The Morgan fingerprint density at radius 2 is 2.11 bits per heavy atom. The zero-order valence-corrected chi connectivity index (χ0v) is 12.5. The summed E-state index contributed by atoms with van der Waals surface area (Å²) in [6, 6.07) is 0.252. The quantitative estimate of drug-likeness (QED) is 0.826. The summed E-state index contributed by atoms with van der Waals surface area (Å²) in [5.41, 5.74) is -0.417. The number of carbonyl (C=O) groups is 1. The molecule has 0 radical (unpaired) electrons. The highest BCUT2D eigenvalue weighted by molar-refractivity contribution is 5.68. The number of ether oxygens (including phenoxy) is 1. The van der Waals surface area contributed by atoms with Gasteiger partial charge in [-0.2, -0.15) is 0 Å². The van der Waals surface area contributed by atoms with Crippen molar-refractivity contribution in [3.05, 3.63) is 0 Å². The highest BCUT2D eigenvalue weighted by atomic mass is 16.6.